The van der Waals surface area contributed by atoms with E-state index in [0.29, 0.717) is 5.75 Å². The van der Waals surface area contributed by atoms with Gasteiger partial charge >= 0.3 is 0 Å². The zero-order chi connectivity index (χ0) is 13.1. The summed E-state index contributed by atoms with van der Waals surface area (Å²) >= 11 is 0. The first kappa shape index (κ1) is 12.2. The zero-order valence-corrected chi connectivity index (χ0v) is 10.9. The lowest BCUT2D eigenvalue weighted by Crippen LogP contribution is -2.28. The van der Waals surface area contributed by atoms with Crippen molar-refractivity contribution in [2.24, 2.45) is 5.92 Å². The van der Waals surface area contributed by atoms with Crippen molar-refractivity contribution in [3.05, 3.63) is 36.2 Å². The van der Waals surface area contributed by atoms with Crippen molar-refractivity contribution in [3.8, 4) is 16.9 Å². The molecule has 19 heavy (non-hydrogen) atoms. The number of phenols is 1. The Labute approximate surface area is 112 Å². The van der Waals surface area contributed by atoms with Crippen molar-refractivity contribution in [2.45, 2.75) is 19.3 Å². The molecule has 4 heteroatoms. The van der Waals surface area contributed by atoms with E-state index in [2.05, 4.69) is 15.5 Å². The van der Waals surface area contributed by atoms with Crippen molar-refractivity contribution in [1.29, 1.82) is 0 Å². The second-order valence-electron chi connectivity index (χ2n) is 5.21. The van der Waals surface area contributed by atoms with Gasteiger partial charge in [-0.3, -0.25) is 5.10 Å². The molecule has 1 aliphatic rings. The monoisotopic (exact) mass is 257 g/mol. The number of aromatic hydroxyl groups is 1. The summed E-state index contributed by atoms with van der Waals surface area (Å²) < 4.78 is 0. The summed E-state index contributed by atoms with van der Waals surface area (Å²) in [6.45, 7) is 2.24. The Morgan fingerprint density at radius 1 is 1.16 bits per heavy atom. The molecular formula is C15H19N3O. The number of aromatic nitrogens is 2. The number of piperidine rings is 1. The Bertz CT molecular complexity index is 527. The molecule has 4 nitrogen and oxygen atoms in total. The molecule has 3 rings (SSSR count). The molecule has 0 saturated carbocycles. The van der Waals surface area contributed by atoms with Crippen molar-refractivity contribution in [2.75, 3.05) is 13.1 Å². The van der Waals surface area contributed by atoms with Crippen LogP contribution in [0.25, 0.3) is 11.1 Å². The first-order chi connectivity index (χ1) is 9.33. The molecule has 0 aliphatic carbocycles. The van der Waals surface area contributed by atoms with Gasteiger partial charge in [-0.2, -0.15) is 5.10 Å². The van der Waals surface area contributed by atoms with Crippen LogP contribution in [0, 0.1) is 5.92 Å². The van der Waals surface area contributed by atoms with Crippen LogP contribution in [0.4, 0.5) is 0 Å². The summed E-state index contributed by atoms with van der Waals surface area (Å²) in [6, 6.07) is 7.31. The second kappa shape index (κ2) is 5.45. The van der Waals surface area contributed by atoms with E-state index in [1.54, 1.807) is 12.1 Å². The van der Waals surface area contributed by atoms with E-state index < -0.39 is 0 Å². The van der Waals surface area contributed by atoms with Gasteiger partial charge in [-0.15, -0.1) is 0 Å². The molecular weight excluding hydrogens is 238 g/mol. The number of hydrogen-bond donors (Lipinski definition) is 3. The van der Waals surface area contributed by atoms with E-state index in [1.807, 2.05) is 18.3 Å². The molecule has 0 atom stereocenters. The fourth-order valence-electron chi connectivity index (χ4n) is 2.73. The number of aromatic amines is 1. The van der Waals surface area contributed by atoms with Gasteiger partial charge in [0.15, 0.2) is 0 Å². The molecule has 1 aromatic carbocycles. The quantitative estimate of drug-likeness (QED) is 0.791. The lowest BCUT2D eigenvalue weighted by molar-refractivity contribution is 0.370. The summed E-state index contributed by atoms with van der Waals surface area (Å²) in [7, 11) is 0. The Kier molecular flexibility index (Phi) is 3.51. The average molecular weight is 257 g/mol. The van der Waals surface area contributed by atoms with Crippen molar-refractivity contribution < 1.29 is 5.11 Å². The average Bonchev–Trinajstić information content (AvgIpc) is 2.89. The number of nitrogens with zero attached hydrogens (tertiary/aromatic N) is 1. The topological polar surface area (TPSA) is 60.9 Å². The molecule has 0 spiro atoms. The molecule has 1 fully saturated rings. The number of benzene rings is 1. The maximum Gasteiger partial charge on any atom is 0.115 e. The van der Waals surface area contributed by atoms with Gasteiger partial charge in [-0.1, -0.05) is 12.1 Å². The second-order valence-corrected chi connectivity index (χ2v) is 5.21. The fraction of sp³-hybridized carbons (Fsp3) is 0.400. The minimum Gasteiger partial charge on any atom is -0.508 e. The standard InChI is InChI=1S/C15H19N3O/c19-13-3-1-12(2-4-13)14-10-17-18-15(14)9-11-5-7-16-8-6-11/h1-4,10-11,16,19H,5-9H2,(H,17,18). The van der Waals surface area contributed by atoms with E-state index in [0.717, 1.165) is 36.6 Å². The molecule has 100 valence electrons. The van der Waals surface area contributed by atoms with Gasteiger partial charge in [0.25, 0.3) is 0 Å². The van der Waals surface area contributed by atoms with E-state index in [1.165, 1.54) is 18.5 Å². The van der Waals surface area contributed by atoms with Gasteiger partial charge in [-0.05, 0) is 56.0 Å². The van der Waals surface area contributed by atoms with Crippen LogP contribution in [0.3, 0.4) is 0 Å². The van der Waals surface area contributed by atoms with Crippen LogP contribution in [0.5, 0.6) is 5.75 Å². The molecule has 1 aliphatic heterocycles. The lowest BCUT2D eigenvalue weighted by Gasteiger charge is -2.22. The minimum absolute atomic E-state index is 0.298. The number of hydrogen-bond acceptors (Lipinski definition) is 3. The number of rotatable bonds is 3. The fourth-order valence-corrected chi connectivity index (χ4v) is 2.73. The van der Waals surface area contributed by atoms with E-state index in [9.17, 15) is 5.11 Å². The van der Waals surface area contributed by atoms with Crippen molar-refractivity contribution >= 4 is 0 Å². The molecule has 2 aromatic rings. The molecule has 3 N–H and O–H groups in total. The largest absolute Gasteiger partial charge is 0.508 e. The van der Waals surface area contributed by atoms with Crippen molar-refractivity contribution in [3.63, 3.8) is 0 Å². The van der Waals surface area contributed by atoms with E-state index in [-0.39, 0.29) is 0 Å². The van der Waals surface area contributed by atoms with Gasteiger partial charge in [0.1, 0.15) is 5.75 Å². The third-order valence-corrected chi connectivity index (χ3v) is 3.85. The molecule has 0 bridgehead atoms. The number of H-pyrrole nitrogens is 1. The van der Waals surface area contributed by atoms with Crippen molar-refractivity contribution in [1.82, 2.24) is 15.5 Å². The third-order valence-electron chi connectivity index (χ3n) is 3.85. The maximum atomic E-state index is 9.35. The van der Waals surface area contributed by atoms with Crippen LogP contribution < -0.4 is 5.32 Å². The lowest BCUT2D eigenvalue weighted by atomic mass is 9.91. The number of nitrogens with one attached hydrogen (secondary N) is 2. The minimum atomic E-state index is 0.298. The van der Waals surface area contributed by atoms with Crippen LogP contribution in [-0.4, -0.2) is 28.4 Å². The van der Waals surface area contributed by atoms with Gasteiger partial charge in [0.2, 0.25) is 0 Å². The summed E-state index contributed by atoms with van der Waals surface area (Å²) in [5.74, 6) is 1.03. The SMILES string of the molecule is Oc1ccc(-c2cn[nH]c2CC2CCNCC2)cc1. The Balaban J connectivity index is 1.79. The Hall–Kier alpha value is -1.81. The highest BCUT2D eigenvalue weighted by atomic mass is 16.3. The number of phenolic OH excluding ortho intramolecular Hbond substituents is 1. The molecule has 1 saturated heterocycles. The zero-order valence-electron chi connectivity index (χ0n) is 10.9. The molecule has 0 radical (unpaired) electrons. The normalized spacial score (nSPS) is 16.6. The molecule has 2 heterocycles. The van der Waals surface area contributed by atoms with Crippen LogP contribution >= 0.6 is 0 Å². The highest BCUT2D eigenvalue weighted by Crippen LogP contribution is 2.27. The van der Waals surface area contributed by atoms with Crippen LogP contribution in [0.15, 0.2) is 30.5 Å². The van der Waals surface area contributed by atoms with Crippen LogP contribution in [-0.2, 0) is 6.42 Å². The first-order valence-electron chi connectivity index (χ1n) is 6.85. The van der Waals surface area contributed by atoms with Gasteiger partial charge < -0.3 is 10.4 Å². The predicted molar refractivity (Wildman–Crippen MR) is 75.0 cm³/mol. The third kappa shape index (κ3) is 2.79. The van der Waals surface area contributed by atoms with Crippen LogP contribution in [0.1, 0.15) is 18.5 Å². The van der Waals surface area contributed by atoms with Gasteiger partial charge in [0, 0.05) is 11.3 Å². The highest BCUT2D eigenvalue weighted by molar-refractivity contribution is 5.65. The van der Waals surface area contributed by atoms with Gasteiger partial charge in [-0.25, -0.2) is 0 Å². The smallest absolute Gasteiger partial charge is 0.115 e. The molecule has 0 unspecified atom stereocenters. The highest BCUT2D eigenvalue weighted by Gasteiger charge is 2.17. The summed E-state index contributed by atoms with van der Waals surface area (Å²) in [5, 5.41) is 20.1. The summed E-state index contributed by atoms with van der Waals surface area (Å²) in [4.78, 5) is 0. The predicted octanol–water partition coefficient (Wildman–Crippen LogP) is 2.32. The summed E-state index contributed by atoms with van der Waals surface area (Å²) in [6.07, 6.45) is 5.39. The molecule has 1 aromatic heterocycles. The van der Waals surface area contributed by atoms with Crippen LogP contribution in [0.2, 0.25) is 0 Å². The van der Waals surface area contributed by atoms with Gasteiger partial charge in [0.05, 0.1) is 6.20 Å². The molecule has 0 amide bonds. The van der Waals surface area contributed by atoms with E-state index in [4.69, 9.17) is 0 Å². The van der Waals surface area contributed by atoms with E-state index >= 15 is 0 Å². The Morgan fingerprint density at radius 2 is 1.89 bits per heavy atom. The summed E-state index contributed by atoms with van der Waals surface area (Å²) in [5.41, 5.74) is 3.46. The first-order valence-corrected chi connectivity index (χ1v) is 6.85. The maximum absolute atomic E-state index is 9.35. The Morgan fingerprint density at radius 3 is 2.63 bits per heavy atom.